The van der Waals surface area contributed by atoms with Crippen LogP contribution in [-0.2, 0) is 5.41 Å². The van der Waals surface area contributed by atoms with E-state index in [0.29, 0.717) is 0 Å². The molecule has 11 aromatic rings. The van der Waals surface area contributed by atoms with Gasteiger partial charge in [-0.3, -0.25) is 0 Å². The molecule has 0 saturated carbocycles. The monoisotopic (exact) mass is 693 g/mol. The summed E-state index contributed by atoms with van der Waals surface area (Å²) < 4.78 is 7.97. The Bertz CT molecular complexity index is 3200. The predicted molar refractivity (Wildman–Crippen MR) is 223 cm³/mol. The summed E-state index contributed by atoms with van der Waals surface area (Å²) in [4.78, 5) is 0. The second-order valence-corrected chi connectivity index (χ2v) is 16.4. The van der Waals surface area contributed by atoms with Gasteiger partial charge in [0.1, 0.15) is 0 Å². The molecule has 0 aliphatic heterocycles. The second-order valence-electron chi connectivity index (χ2n) is 14.3. The average Bonchev–Trinajstić information content (AvgIpc) is 3.99. The Labute approximate surface area is 307 Å². The van der Waals surface area contributed by atoms with E-state index in [1.165, 1.54) is 112 Å². The van der Waals surface area contributed by atoms with Crippen molar-refractivity contribution in [2.45, 2.75) is 5.41 Å². The standard InChI is InChI=1S/C49H27NS2/c1-6-16-37-29(11-1)30-12-2-7-17-38(30)49(37)39-18-8-3-13-31(39)36-27-28(21-24-40(36)49)50-41-25-22-34-32-14-4-9-19-43(32)51-47(34)45(41)46-42(50)26-23-35-33-15-5-10-20-44(33)52-48(35)46/h1-27H. The van der Waals surface area contributed by atoms with Crippen molar-refractivity contribution < 1.29 is 0 Å². The van der Waals surface area contributed by atoms with E-state index in [2.05, 4.69) is 168 Å². The SMILES string of the molecule is c1ccc2c(c1)-c1ccccc1C21c2ccccc2-c2cc(-n3c4ccc5c6ccccc6sc5c4c4c5sc6ccccc6c5ccc43)ccc21. The number of aromatic nitrogens is 1. The minimum atomic E-state index is -0.342. The average molecular weight is 694 g/mol. The molecule has 0 atom stereocenters. The van der Waals surface area contributed by atoms with Crippen LogP contribution in [0, 0.1) is 0 Å². The van der Waals surface area contributed by atoms with Crippen LogP contribution >= 0.6 is 22.7 Å². The van der Waals surface area contributed by atoms with E-state index < -0.39 is 0 Å². The fraction of sp³-hybridized carbons (Fsp3) is 0.0204. The van der Waals surface area contributed by atoms with Gasteiger partial charge in [-0.05, 0) is 80.9 Å². The maximum Gasteiger partial charge on any atom is 0.0725 e. The maximum atomic E-state index is 2.54. The van der Waals surface area contributed by atoms with Gasteiger partial charge in [0.2, 0.25) is 0 Å². The van der Waals surface area contributed by atoms with Crippen molar-refractivity contribution >= 4 is 84.8 Å². The van der Waals surface area contributed by atoms with Crippen molar-refractivity contribution in [2.24, 2.45) is 0 Å². The van der Waals surface area contributed by atoms with E-state index in [0.717, 1.165) is 0 Å². The number of fused-ring (bicyclic) bond motifs is 21. The predicted octanol–water partition coefficient (Wildman–Crippen LogP) is 13.9. The van der Waals surface area contributed by atoms with Crippen LogP contribution in [0.15, 0.2) is 164 Å². The molecule has 0 N–H and O–H groups in total. The van der Waals surface area contributed by atoms with E-state index in [-0.39, 0.29) is 5.41 Å². The molecule has 0 fully saturated rings. The molecule has 0 unspecified atom stereocenters. The number of rotatable bonds is 1. The molecule has 2 aliphatic rings. The molecule has 13 rings (SSSR count). The first-order valence-corrected chi connectivity index (χ1v) is 19.6. The molecule has 3 aromatic heterocycles. The molecule has 3 heteroatoms. The first kappa shape index (κ1) is 27.7. The lowest BCUT2D eigenvalue weighted by atomic mass is 9.70. The lowest BCUT2D eigenvalue weighted by Crippen LogP contribution is -2.25. The molecule has 0 amide bonds. The Morgan fingerprint density at radius 3 is 1.35 bits per heavy atom. The number of hydrogen-bond donors (Lipinski definition) is 0. The van der Waals surface area contributed by atoms with Crippen LogP contribution in [0.3, 0.4) is 0 Å². The molecule has 0 saturated heterocycles. The summed E-state index contributed by atoms with van der Waals surface area (Å²) in [5.41, 5.74) is 14.2. The van der Waals surface area contributed by atoms with Gasteiger partial charge >= 0.3 is 0 Å². The summed E-state index contributed by atoms with van der Waals surface area (Å²) in [6.45, 7) is 0. The Morgan fingerprint density at radius 2 is 0.808 bits per heavy atom. The third-order valence-electron chi connectivity index (χ3n) is 12.0. The number of hydrogen-bond acceptors (Lipinski definition) is 2. The minimum absolute atomic E-state index is 0.342. The lowest BCUT2D eigenvalue weighted by Gasteiger charge is -2.30. The highest BCUT2D eigenvalue weighted by Crippen LogP contribution is 2.63. The molecular weight excluding hydrogens is 667 g/mol. The summed E-state index contributed by atoms with van der Waals surface area (Å²) in [5, 5.41) is 8.09. The van der Waals surface area contributed by atoms with Gasteiger partial charge < -0.3 is 4.57 Å². The molecule has 0 bridgehead atoms. The van der Waals surface area contributed by atoms with Gasteiger partial charge in [-0.2, -0.15) is 0 Å². The Morgan fingerprint density at radius 1 is 0.365 bits per heavy atom. The third-order valence-corrected chi connectivity index (χ3v) is 14.4. The van der Waals surface area contributed by atoms with Gasteiger partial charge in [0, 0.05) is 56.8 Å². The van der Waals surface area contributed by atoms with Crippen LogP contribution in [0.25, 0.3) is 90.1 Å². The zero-order chi connectivity index (χ0) is 33.7. The fourth-order valence-corrected chi connectivity index (χ4v) is 12.5. The largest absolute Gasteiger partial charge is 0.309 e. The van der Waals surface area contributed by atoms with Crippen molar-refractivity contribution in [3.05, 3.63) is 186 Å². The number of benzene rings is 8. The van der Waals surface area contributed by atoms with Crippen LogP contribution in [0.4, 0.5) is 0 Å². The first-order chi connectivity index (χ1) is 25.8. The van der Waals surface area contributed by atoms with Gasteiger partial charge in [-0.25, -0.2) is 0 Å². The van der Waals surface area contributed by atoms with Crippen molar-refractivity contribution in [1.29, 1.82) is 0 Å². The highest BCUT2D eigenvalue weighted by Gasteiger charge is 2.51. The minimum Gasteiger partial charge on any atom is -0.309 e. The molecule has 2 aliphatic carbocycles. The normalized spacial score (nSPS) is 13.9. The van der Waals surface area contributed by atoms with Crippen LogP contribution in [0.2, 0.25) is 0 Å². The summed E-state index contributed by atoms with van der Waals surface area (Å²) in [5.74, 6) is 0. The summed E-state index contributed by atoms with van der Waals surface area (Å²) in [6, 6.07) is 61.8. The van der Waals surface area contributed by atoms with E-state index in [1.807, 2.05) is 22.7 Å². The fourth-order valence-electron chi connectivity index (χ4n) is 10.0. The smallest absolute Gasteiger partial charge is 0.0725 e. The van der Waals surface area contributed by atoms with Gasteiger partial charge in [-0.1, -0.05) is 127 Å². The zero-order valence-corrected chi connectivity index (χ0v) is 29.5. The molecule has 1 spiro atoms. The Kier molecular flexibility index (Phi) is 5.14. The van der Waals surface area contributed by atoms with E-state index in [9.17, 15) is 0 Å². The Hall–Kier alpha value is -6.00. The van der Waals surface area contributed by atoms with Crippen LogP contribution in [0.1, 0.15) is 22.3 Å². The molecule has 3 heterocycles. The van der Waals surface area contributed by atoms with Crippen molar-refractivity contribution in [1.82, 2.24) is 4.57 Å². The molecule has 8 aromatic carbocycles. The van der Waals surface area contributed by atoms with Gasteiger partial charge in [0.25, 0.3) is 0 Å². The summed E-state index contributed by atoms with van der Waals surface area (Å²) in [6.07, 6.45) is 0. The maximum absolute atomic E-state index is 2.54. The molecule has 0 radical (unpaired) electrons. The Balaban J connectivity index is 1.16. The second kappa shape index (κ2) is 9.65. The molecule has 240 valence electrons. The summed E-state index contributed by atoms with van der Waals surface area (Å²) >= 11 is 3.86. The third kappa shape index (κ3) is 3.18. The summed E-state index contributed by atoms with van der Waals surface area (Å²) in [7, 11) is 0. The highest BCUT2D eigenvalue weighted by molar-refractivity contribution is 7.28. The molecule has 1 nitrogen and oxygen atoms in total. The van der Waals surface area contributed by atoms with Gasteiger partial charge in [-0.15, -0.1) is 22.7 Å². The quantitative estimate of drug-likeness (QED) is 0.161. The lowest BCUT2D eigenvalue weighted by molar-refractivity contribution is 0.793. The van der Waals surface area contributed by atoms with Gasteiger partial charge in [0.05, 0.1) is 16.4 Å². The highest BCUT2D eigenvalue weighted by atomic mass is 32.1. The van der Waals surface area contributed by atoms with Crippen LogP contribution in [-0.4, -0.2) is 4.57 Å². The van der Waals surface area contributed by atoms with E-state index >= 15 is 0 Å². The van der Waals surface area contributed by atoms with Crippen LogP contribution in [0.5, 0.6) is 0 Å². The topological polar surface area (TPSA) is 4.93 Å². The van der Waals surface area contributed by atoms with Crippen LogP contribution < -0.4 is 0 Å². The van der Waals surface area contributed by atoms with Gasteiger partial charge in [0.15, 0.2) is 0 Å². The van der Waals surface area contributed by atoms with Crippen molar-refractivity contribution in [3.8, 4) is 27.9 Å². The molecular formula is C49H27NS2. The zero-order valence-electron chi connectivity index (χ0n) is 27.9. The first-order valence-electron chi connectivity index (χ1n) is 17.9. The van der Waals surface area contributed by atoms with E-state index in [4.69, 9.17) is 0 Å². The number of thiophene rings is 2. The van der Waals surface area contributed by atoms with Crippen molar-refractivity contribution in [3.63, 3.8) is 0 Å². The molecule has 52 heavy (non-hydrogen) atoms. The van der Waals surface area contributed by atoms with Crippen molar-refractivity contribution in [2.75, 3.05) is 0 Å². The number of nitrogens with zero attached hydrogens (tertiary/aromatic N) is 1. The van der Waals surface area contributed by atoms with E-state index in [1.54, 1.807) is 0 Å².